The van der Waals surface area contributed by atoms with Crippen LogP contribution >= 0.6 is 0 Å². The van der Waals surface area contributed by atoms with E-state index in [9.17, 15) is 4.79 Å². The van der Waals surface area contributed by atoms with Crippen LogP contribution in [0.1, 0.15) is 18.4 Å². The quantitative estimate of drug-likeness (QED) is 0.754. The topological polar surface area (TPSA) is 55.8 Å². The van der Waals surface area contributed by atoms with E-state index in [4.69, 9.17) is 14.6 Å². The smallest absolute Gasteiger partial charge is 0.303 e. The normalized spacial score (nSPS) is 10.1. The molecule has 0 heterocycles. The van der Waals surface area contributed by atoms with Gasteiger partial charge in [0, 0.05) is 6.42 Å². The Bertz CT molecular complexity index is 566. The number of benzene rings is 2. The molecule has 0 amide bonds. The van der Waals surface area contributed by atoms with Crippen LogP contribution in [-0.2, 0) is 11.4 Å². The van der Waals surface area contributed by atoms with Gasteiger partial charge in [0.15, 0.2) is 11.5 Å². The standard InChI is InChI=1S/C17H18O4/c18-17(19)11-6-12-20-15-9-4-5-10-16(15)21-13-14-7-2-1-3-8-14/h1-5,7-10H,6,11-13H2,(H,18,19). The van der Waals surface area contributed by atoms with Gasteiger partial charge in [-0.15, -0.1) is 0 Å². The third-order valence-corrected chi connectivity index (χ3v) is 2.88. The number of rotatable bonds is 8. The molecule has 0 aliphatic heterocycles. The average molecular weight is 286 g/mol. The van der Waals surface area contributed by atoms with Crippen molar-refractivity contribution in [3.63, 3.8) is 0 Å². The van der Waals surface area contributed by atoms with Gasteiger partial charge in [0.2, 0.25) is 0 Å². The zero-order chi connectivity index (χ0) is 14.9. The number of hydrogen-bond donors (Lipinski definition) is 1. The third kappa shape index (κ3) is 5.18. The Labute approximate surface area is 123 Å². The van der Waals surface area contributed by atoms with Gasteiger partial charge in [-0.05, 0) is 24.1 Å². The second kappa shape index (κ2) is 7.94. The van der Waals surface area contributed by atoms with Gasteiger partial charge in [-0.25, -0.2) is 0 Å². The Morgan fingerprint density at radius 3 is 2.19 bits per heavy atom. The lowest BCUT2D eigenvalue weighted by molar-refractivity contribution is -0.137. The van der Waals surface area contributed by atoms with E-state index in [-0.39, 0.29) is 6.42 Å². The summed E-state index contributed by atoms with van der Waals surface area (Å²) >= 11 is 0. The van der Waals surface area contributed by atoms with Crippen LogP contribution in [0.4, 0.5) is 0 Å². The van der Waals surface area contributed by atoms with E-state index in [2.05, 4.69) is 0 Å². The van der Waals surface area contributed by atoms with Crippen LogP contribution in [0.15, 0.2) is 54.6 Å². The van der Waals surface area contributed by atoms with Gasteiger partial charge in [0.1, 0.15) is 6.61 Å². The van der Waals surface area contributed by atoms with Crippen molar-refractivity contribution in [1.82, 2.24) is 0 Å². The molecule has 0 radical (unpaired) electrons. The second-order valence-corrected chi connectivity index (χ2v) is 4.57. The highest BCUT2D eigenvalue weighted by molar-refractivity contribution is 5.66. The fraction of sp³-hybridized carbons (Fsp3) is 0.235. The van der Waals surface area contributed by atoms with Crippen molar-refractivity contribution in [3.8, 4) is 11.5 Å². The highest BCUT2D eigenvalue weighted by Crippen LogP contribution is 2.27. The maximum atomic E-state index is 10.5. The molecule has 0 unspecified atom stereocenters. The largest absolute Gasteiger partial charge is 0.490 e. The molecule has 4 heteroatoms. The van der Waals surface area contributed by atoms with E-state index < -0.39 is 5.97 Å². The van der Waals surface area contributed by atoms with Gasteiger partial charge in [0.05, 0.1) is 6.61 Å². The minimum Gasteiger partial charge on any atom is -0.490 e. The Morgan fingerprint density at radius 2 is 1.52 bits per heavy atom. The minimum absolute atomic E-state index is 0.104. The maximum Gasteiger partial charge on any atom is 0.303 e. The molecule has 21 heavy (non-hydrogen) atoms. The fourth-order valence-corrected chi connectivity index (χ4v) is 1.83. The zero-order valence-electron chi connectivity index (χ0n) is 11.7. The number of carboxylic acids is 1. The van der Waals surface area contributed by atoms with Crippen molar-refractivity contribution in [2.24, 2.45) is 0 Å². The molecule has 0 bridgehead atoms. The molecule has 1 N–H and O–H groups in total. The predicted molar refractivity (Wildman–Crippen MR) is 79.6 cm³/mol. The number of hydrogen-bond acceptors (Lipinski definition) is 3. The molecule has 4 nitrogen and oxygen atoms in total. The molecule has 0 atom stereocenters. The van der Waals surface area contributed by atoms with Gasteiger partial charge in [-0.3, -0.25) is 4.79 Å². The summed E-state index contributed by atoms with van der Waals surface area (Å²) < 4.78 is 11.3. The Kier molecular flexibility index (Phi) is 5.64. The van der Waals surface area contributed by atoms with Crippen molar-refractivity contribution < 1.29 is 19.4 Å². The number of aliphatic carboxylic acids is 1. The number of carbonyl (C=O) groups is 1. The SMILES string of the molecule is O=C(O)CCCOc1ccccc1OCc1ccccc1. The van der Waals surface area contributed by atoms with Crippen LogP contribution in [0, 0.1) is 0 Å². The summed E-state index contributed by atoms with van der Waals surface area (Å²) in [4.78, 5) is 10.5. The first kappa shape index (κ1) is 14.9. The molecule has 0 aliphatic carbocycles. The summed E-state index contributed by atoms with van der Waals surface area (Å²) in [6.07, 6.45) is 0.579. The number of carboxylic acid groups (broad SMARTS) is 1. The third-order valence-electron chi connectivity index (χ3n) is 2.88. The van der Waals surface area contributed by atoms with Crippen LogP contribution in [0.3, 0.4) is 0 Å². The number of ether oxygens (including phenoxy) is 2. The number of para-hydroxylation sites is 2. The summed E-state index contributed by atoms with van der Waals surface area (Å²) in [5.74, 6) is 0.489. The Balaban J connectivity index is 1.89. The van der Waals surface area contributed by atoms with E-state index in [0.29, 0.717) is 31.1 Å². The second-order valence-electron chi connectivity index (χ2n) is 4.57. The zero-order valence-corrected chi connectivity index (χ0v) is 11.7. The highest BCUT2D eigenvalue weighted by atomic mass is 16.5. The molecule has 0 saturated carbocycles. The van der Waals surface area contributed by atoms with Crippen LogP contribution in [-0.4, -0.2) is 17.7 Å². The van der Waals surface area contributed by atoms with Crippen LogP contribution in [0.25, 0.3) is 0 Å². The molecular formula is C17H18O4. The maximum absolute atomic E-state index is 10.5. The molecule has 110 valence electrons. The predicted octanol–water partition coefficient (Wildman–Crippen LogP) is 3.51. The van der Waals surface area contributed by atoms with E-state index in [1.54, 1.807) is 0 Å². The van der Waals surface area contributed by atoms with Crippen molar-refractivity contribution in [2.45, 2.75) is 19.4 Å². The lowest BCUT2D eigenvalue weighted by Crippen LogP contribution is -2.04. The molecule has 2 aromatic carbocycles. The van der Waals surface area contributed by atoms with E-state index in [1.165, 1.54) is 0 Å². The molecule has 0 spiro atoms. The van der Waals surface area contributed by atoms with Crippen molar-refractivity contribution in [2.75, 3.05) is 6.61 Å². The minimum atomic E-state index is -0.813. The summed E-state index contributed by atoms with van der Waals surface area (Å²) in [6, 6.07) is 17.3. The van der Waals surface area contributed by atoms with Gasteiger partial charge in [-0.2, -0.15) is 0 Å². The van der Waals surface area contributed by atoms with Gasteiger partial charge >= 0.3 is 5.97 Å². The summed E-state index contributed by atoms with van der Waals surface area (Å²) in [6.45, 7) is 0.828. The first-order valence-electron chi connectivity index (χ1n) is 6.86. The van der Waals surface area contributed by atoms with Crippen molar-refractivity contribution >= 4 is 5.97 Å². The first-order valence-corrected chi connectivity index (χ1v) is 6.86. The van der Waals surface area contributed by atoms with E-state index in [0.717, 1.165) is 5.56 Å². The van der Waals surface area contributed by atoms with Gasteiger partial charge < -0.3 is 14.6 Å². The van der Waals surface area contributed by atoms with Crippen molar-refractivity contribution in [1.29, 1.82) is 0 Å². The van der Waals surface area contributed by atoms with E-state index in [1.807, 2.05) is 54.6 Å². The highest BCUT2D eigenvalue weighted by Gasteiger charge is 2.05. The van der Waals surface area contributed by atoms with Gasteiger partial charge in [-0.1, -0.05) is 42.5 Å². The molecule has 2 aromatic rings. The van der Waals surface area contributed by atoms with Crippen LogP contribution in [0.5, 0.6) is 11.5 Å². The monoisotopic (exact) mass is 286 g/mol. The average Bonchev–Trinajstić information content (AvgIpc) is 2.51. The fourth-order valence-electron chi connectivity index (χ4n) is 1.83. The lowest BCUT2D eigenvalue weighted by Gasteiger charge is -2.12. The van der Waals surface area contributed by atoms with Crippen LogP contribution in [0.2, 0.25) is 0 Å². The van der Waals surface area contributed by atoms with Crippen molar-refractivity contribution in [3.05, 3.63) is 60.2 Å². The summed E-state index contributed by atoms with van der Waals surface area (Å²) in [5.41, 5.74) is 1.08. The molecule has 0 saturated heterocycles. The van der Waals surface area contributed by atoms with Crippen LogP contribution < -0.4 is 9.47 Å². The lowest BCUT2D eigenvalue weighted by atomic mass is 10.2. The molecule has 0 aliphatic rings. The summed E-state index contributed by atoms with van der Waals surface area (Å²) in [7, 11) is 0. The van der Waals surface area contributed by atoms with E-state index >= 15 is 0 Å². The Hall–Kier alpha value is -2.49. The molecular weight excluding hydrogens is 268 g/mol. The Morgan fingerprint density at radius 1 is 0.905 bits per heavy atom. The molecule has 2 rings (SSSR count). The first-order chi connectivity index (χ1) is 10.3. The molecule has 0 fully saturated rings. The van der Waals surface area contributed by atoms with Gasteiger partial charge in [0.25, 0.3) is 0 Å². The molecule has 0 aromatic heterocycles. The summed E-state index contributed by atoms with van der Waals surface area (Å²) in [5, 5.41) is 8.60.